The van der Waals surface area contributed by atoms with Crippen molar-refractivity contribution < 1.29 is 9.47 Å². The SMILES string of the molecule is COc1ccc(OCCNC2CC=CC2)cc1. The summed E-state index contributed by atoms with van der Waals surface area (Å²) in [7, 11) is 1.66. The van der Waals surface area contributed by atoms with E-state index in [-0.39, 0.29) is 0 Å². The van der Waals surface area contributed by atoms with Gasteiger partial charge in [-0.05, 0) is 37.1 Å². The van der Waals surface area contributed by atoms with E-state index in [1.54, 1.807) is 7.11 Å². The Morgan fingerprint density at radius 1 is 1.12 bits per heavy atom. The number of hydrogen-bond acceptors (Lipinski definition) is 3. The van der Waals surface area contributed by atoms with Crippen LogP contribution < -0.4 is 14.8 Å². The summed E-state index contributed by atoms with van der Waals surface area (Å²) in [4.78, 5) is 0. The van der Waals surface area contributed by atoms with Crippen molar-refractivity contribution in [2.45, 2.75) is 18.9 Å². The number of rotatable bonds is 6. The Morgan fingerprint density at radius 3 is 2.41 bits per heavy atom. The number of benzene rings is 1. The first-order chi connectivity index (χ1) is 8.38. The van der Waals surface area contributed by atoms with Crippen LogP contribution in [0.4, 0.5) is 0 Å². The maximum Gasteiger partial charge on any atom is 0.119 e. The Balaban J connectivity index is 1.63. The predicted molar refractivity (Wildman–Crippen MR) is 68.7 cm³/mol. The highest BCUT2D eigenvalue weighted by atomic mass is 16.5. The lowest BCUT2D eigenvalue weighted by Gasteiger charge is -2.12. The van der Waals surface area contributed by atoms with Gasteiger partial charge < -0.3 is 14.8 Å². The number of nitrogens with one attached hydrogen (secondary N) is 1. The van der Waals surface area contributed by atoms with Crippen molar-refractivity contribution >= 4 is 0 Å². The van der Waals surface area contributed by atoms with E-state index in [1.807, 2.05) is 24.3 Å². The molecule has 0 aromatic heterocycles. The van der Waals surface area contributed by atoms with Crippen LogP contribution in [-0.2, 0) is 0 Å². The van der Waals surface area contributed by atoms with Gasteiger partial charge in [0.05, 0.1) is 7.11 Å². The van der Waals surface area contributed by atoms with E-state index >= 15 is 0 Å². The summed E-state index contributed by atoms with van der Waals surface area (Å²) in [5.41, 5.74) is 0. The fraction of sp³-hybridized carbons (Fsp3) is 0.429. The summed E-state index contributed by atoms with van der Waals surface area (Å²) < 4.78 is 10.7. The molecule has 0 radical (unpaired) electrons. The Bertz CT molecular complexity index is 351. The Kier molecular flexibility index (Phi) is 4.45. The highest BCUT2D eigenvalue weighted by Crippen LogP contribution is 2.16. The quantitative estimate of drug-likeness (QED) is 0.604. The number of hydrogen-bond donors (Lipinski definition) is 1. The van der Waals surface area contributed by atoms with Crippen LogP contribution in [0, 0.1) is 0 Å². The minimum Gasteiger partial charge on any atom is -0.497 e. The largest absolute Gasteiger partial charge is 0.497 e. The van der Waals surface area contributed by atoms with Crippen molar-refractivity contribution in [2.75, 3.05) is 20.3 Å². The van der Waals surface area contributed by atoms with Gasteiger partial charge in [0.25, 0.3) is 0 Å². The standard InChI is InChI=1S/C14H19NO2/c1-16-13-6-8-14(9-7-13)17-11-10-15-12-4-2-3-5-12/h2-3,6-9,12,15H,4-5,10-11H2,1H3. The van der Waals surface area contributed by atoms with Crippen LogP contribution >= 0.6 is 0 Å². The molecule has 0 atom stereocenters. The molecule has 0 amide bonds. The maximum absolute atomic E-state index is 5.63. The molecule has 92 valence electrons. The summed E-state index contributed by atoms with van der Waals surface area (Å²) in [5.74, 6) is 1.74. The van der Waals surface area contributed by atoms with Gasteiger partial charge in [0, 0.05) is 12.6 Å². The lowest BCUT2D eigenvalue weighted by atomic mass is 10.2. The van der Waals surface area contributed by atoms with E-state index in [0.717, 1.165) is 30.9 Å². The van der Waals surface area contributed by atoms with Crippen LogP contribution in [0.3, 0.4) is 0 Å². The fourth-order valence-corrected chi connectivity index (χ4v) is 1.89. The molecule has 1 aliphatic rings. The zero-order valence-corrected chi connectivity index (χ0v) is 10.2. The van der Waals surface area contributed by atoms with E-state index in [1.165, 1.54) is 0 Å². The Labute approximate surface area is 102 Å². The molecule has 17 heavy (non-hydrogen) atoms. The highest BCUT2D eigenvalue weighted by Gasteiger charge is 2.08. The predicted octanol–water partition coefficient (Wildman–Crippen LogP) is 2.38. The van der Waals surface area contributed by atoms with Gasteiger partial charge in [0.1, 0.15) is 18.1 Å². The number of methoxy groups -OCH3 is 1. The smallest absolute Gasteiger partial charge is 0.119 e. The van der Waals surface area contributed by atoms with E-state index in [0.29, 0.717) is 12.6 Å². The van der Waals surface area contributed by atoms with Crippen molar-refractivity contribution in [3.63, 3.8) is 0 Å². The lowest BCUT2D eigenvalue weighted by molar-refractivity contribution is 0.305. The third-order valence-electron chi connectivity index (χ3n) is 2.87. The molecular weight excluding hydrogens is 214 g/mol. The zero-order chi connectivity index (χ0) is 11.9. The second-order valence-electron chi connectivity index (χ2n) is 4.12. The third kappa shape index (κ3) is 3.79. The molecule has 0 bridgehead atoms. The zero-order valence-electron chi connectivity index (χ0n) is 10.2. The molecule has 0 saturated heterocycles. The molecule has 1 aromatic carbocycles. The van der Waals surface area contributed by atoms with Crippen LogP contribution in [0.15, 0.2) is 36.4 Å². The van der Waals surface area contributed by atoms with Crippen LogP contribution in [0.5, 0.6) is 11.5 Å². The molecule has 0 heterocycles. The maximum atomic E-state index is 5.63. The summed E-state index contributed by atoms with van der Waals surface area (Å²) in [6.07, 6.45) is 6.73. The molecule has 1 aliphatic carbocycles. The summed E-state index contributed by atoms with van der Waals surface area (Å²) >= 11 is 0. The monoisotopic (exact) mass is 233 g/mol. The van der Waals surface area contributed by atoms with E-state index in [4.69, 9.17) is 9.47 Å². The average Bonchev–Trinajstić information content (AvgIpc) is 2.88. The molecule has 0 saturated carbocycles. The number of ether oxygens (including phenoxy) is 2. The third-order valence-corrected chi connectivity index (χ3v) is 2.87. The molecular formula is C14H19NO2. The summed E-state index contributed by atoms with van der Waals surface area (Å²) in [5, 5.41) is 3.46. The lowest BCUT2D eigenvalue weighted by Crippen LogP contribution is -2.30. The first-order valence-corrected chi connectivity index (χ1v) is 6.04. The minimum absolute atomic E-state index is 0.606. The van der Waals surface area contributed by atoms with Gasteiger partial charge in [0.15, 0.2) is 0 Å². The van der Waals surface area contributed by atoms with Crippen LogP contribution in [0.25, 0.3) is 0 Å². The van der Waals surface area contributed by atoms with E-state index in [9.17, 15) is 0 Å². The van der Waals surface area contributed by atoms with Gasteiger partial charge in [0.2, 0.25) is 0 Å². The first kappa shape index (κ1) is 12.0. The summed E-state index contributed by atoms with van der Waals surface area (Å²) in [6, 6.07) is 8.27. The van der Waals surface area contributed by atoms with Crippen molar-refractivity contribution in [3.05, 3.63) is 36.4 Å². The van der Waals surface area contributed by atoms with Gasteiger partial charge >= 0.3 is 0 Å². The fourth-order valence-electron chi connectivity index (χ4n) is 1.89. The second kappa shape index (κ2) is 6.30. The van der Waals surface area contributed by atoms with Crippen molar-refractivity contribution in [1.29, 1.82) is 0 Å². The van der Waals surface area contributed by atoms with Crippen LogP contribution in [0.2, 0.25) is 0 Å². The normalized spacial score (nSPS) is 15.1. The van der Waals surface area contributed by atoms with E-state index < -0.39 is 0 Å². The van der Waals surface area contributed by atoms with Crippen molar-refractivity contribution in [3.8, 4) is 11.5 Å². The van der Waals surface area contributed by atoms with Gasteiger partial charge in [-0.1, -0.05) is 12.2 Å². The average molecular weight is 233 g/mol. The molecule has 0 fully saturated rings. The second-order valence-corrected chi connectivity index (χ2v) is 4.12. The molecule has 1 aromatic rings. The van der Waals surface area contributed by atoms with Crippen LogP contribution in [-0.4, -0.2) is 26.3 Å². The first-order valence-electron chi connectivity index (χ1n) is 6.04. The van der Waals surface area contributed by atoms with Gasteiger partial charge in [-0.2, -0.15) is 0 Å². The topological polar surface area (TPSA) is 30.5 Å². The molecule has 1 N–H and O–H groups in total. The van der Waals surface area contributed by atoms with Gasteiger partial charge in [-0.25, -0.2) is 0 Å². The molecule has 2 rings (SSSR count). The van der Waals surface area contributed by atoms with Crippen LogP contribution in [0.1, 0.15) is 12.8 Å². The molecule has 0 spiro atoms. The molecule has 3 nitrogen and oxygen atoms in total. The van der Waals surface area contributed by atoms with E-state index in [2.05, 4.69) is 17.5 Å². The molecule has 0 aliphatic heterocycles. The van der Waals surface area contributed by atoms with Gasteiger partial charge in [-0.15, -0.1) is 0 Å². The Morgan fingerprint density at radius 2 is 1.76 bits per heavy atom. The van der Waals surface area contributed by atoms with Gasteiger partial charge in [-0.3, -0.25) is 0 Å². The highest BCUT2D eigenvalue weighted by molar-refractivity contribution is 5.31. The molecule has 3 heteroatoms. The summed E-state index contributed by atoms with van der Waals surface area (Å²) in [6.45, 7) is 1.58. The minimum atomic E-state index is 0.606. The molecule has 0 unspecified atom stereocenters. The van der Waals surface area contributed by atoms with Crippen molar-refractivity contribution in [2.24, 2.45) is 0 Å². The van der Waals surface area contributed by atoms with Crippen molar-refractivity contribution in [1.82, 2.24) is 5.32 Å². The Hall–Kier alpha value is -1.48.